The molecule has 0 aliphatic rings. The third-order valence-corrected chi connectivity index (χ3v) is 3.71. The summed E-state index contributed by atoms with van der Waals surface area (Å²) in [6.45, 7) is 5.18. The van der Waals surface area contributed by atoms with E-state index in [9.17, 15) is 17.4 Å². The Morgan fingerprint density at radius 2 is 1.85 bits per heavy atom. The molecule has 0 aliphatic heterocycles. The molecule has 0 N–H and O–H groups in total. The first-order chi connectivity index (χ1) is 9.07. The number of methoxy groups -OCH3 is 1. The highest BCUT2D eigenvalue weighted by atomic mass is 32.2. The summed E-state index contributed by atoms with van der Waals surface area (Å²) in [5, 5.41) is 0. The predicted octanol–water partition coefficient (Wildman–Crippen LogP) is 3.60. The van der Waals surface area contributed by atoms with Crippen molar-refractivity contribution in [2.75, 3.05) is 7.11 Å². The minimum atomic E-state index is -4.52. The van der Waals surface area contributed by atoms with Crippen LogP contribution in [0, 0.1) is 0 Å². The predicted molar refractivity (Wildman–Crippen MR) is 73.5 cm³/mol. The molecule has 20 heavy (non-hydrogen) atoms. The summed E-state index contributed by atoms with van der Waals surface area (Å²) in [7, 11) is -0.388. The quantitative estimate of drug-likeness (QED) is 0.800. The maximum Gasteiger partial charge on any atom is 0.419 e. The fourth-order valence-electron chi connectivity index (χ4n) is 1.37. The van der Waals surface area contributed by atoms with Crippen LogP contribution in [-0.2, 0) is 17.2 Å². The van der Waals surface area contributed by atoms with Crippen molar-refractivity contribution in [2.45, 2.75) is 31.7 Å². The second kappa shape index (κ2) is 5.95. The van der Waals surface area contributed by atoms with Crippen LogP contribution in [0.1, 0.15) is 31.9 Å². The van der Waals surface area contributed by atoms with E-state index in [1.165, 1.54) is 12.1 Å². The van der Waals surface area contributed by atoms with E-state index in [0.717, 1.165) is 19.4 Å². The molecule has 0 radical (unpaired) electrons. The molecular formula is C13H16F3NO2S. The van der Waals surface area contributed by atoms with Crippen molar-refractivity contribution < 1.29 is 22.1 Å². The molecule has 0 aromatic heterocycles. The number of ether oxygens (including phenoxy) is 1. The van der Waals surface area contributed by atoms with Gasteiger partial charge in [-0.15, -0.1) is 0 Å². The number of halogens is 3. The summed E-state index contributed by atoms with van der Waals surface area (Å²) in [6, 6.07) is 3.61. The van der Waals surface area contributed by atoms with E-state index in [-0.39, 0.29) is 11.3 Å². The van der Waals surface area contributed by atoms with Crippen molar-refractivity contribution in [3.63, 3.8) is 0 Å². The molecule has 0 saturated heterocycles. The second-order valence-electron chi connectivity index (χ2n) is 5.02. The maximum atomic E-state index is 12.8. The smallest absolute Gasteiger partial charge is 0.419 e. The van der Waals surface area contributed by atoms with E-state index in [1.807, 2.05) is 0 Å². The Balaban J connectivity index is 3.21. The summed E-state index contributed by atoms with van der Waals surface area (Å²) in [6.07, 6.45) is -3.37. The molecule has 1 rings (SSSR count). The lowest BCUT2D eigenvalue weighted by atomic mass is 10.1. The molecule has 1 aromatic carbocycles. The number of rotatable bonds is 3. The van der Waals surface area contributed by atoms with Crippen molar-refractivity contribution in [1.29, 1.82) is 0 Å². The van der Waals surface area contributed by atoms with Gasteiger partial charge in [-0.3, -0.25) is 0 Å². The maximum absolute atomic E-state index is 12.8. The number of alkyl halides is 3. The molecule has 0 spiro atoms. The first-order valence-corrected chi connectivity index (χ1v) is 6.88. The van der Waals surface area contributed by atoms with Gasteiger partial charge in [0.2, 0.25) is 0 Å². The Bertz CT molecular complexity index is 533. The summed E-state index contributed by atoms with van der Waals surface area (Å²) in [5.74, 6) is -0.324. The first-order valence-electron chi connectivity index (χ1n) is 5.77. The zero-order chi connectivity index (χ0) is 15.6. The van der Waals surface area contributed by atoms with Gasteiger partial charge in [-0.1, -0.05) is 6.07 Å². The average molecular weight is 307 g/mol. The molecule has 112 valence electrons. The fraction of sp³-hybridized carbons (Fsp3) is 0.462. The molecule has 0 heterocycles. The average Bonchev–Trinajstić information content (AvgIpc) is 2.32. The van der Waals surface area contributed by atoms with Gasteiger partial charge in [-0.2, -0.15) is 17.6 Å². The Hall–Kier alpha value is -1.37. The summed E-state index contributed by atoms with van der Waals surface area (Å²) >= 11 is 0. The Kier molecular flexibility index (Phi) is 4.96. The normalized spacial score (nSPS) is 14.6. The lowest BCUT2D eigenvalue weighted by Gasteiger charge is -2.15. The van der Waals surface area contributed by atoms with Crippen LogP contribution < -0.4 is 4.74 Å². The number of benzene rings is 1. The van der Waals surface area contributed by atoms with Gasteiger partial charge >= 0.3 is 6.18 Å². The van der Waals surface area contributed by atoms with Crippen LogP contribution in [0.15, 0.2) is 22.6 Å². The molecule has 0 fully saturated rings. The summed E-state index contributed by atoms with van der Waals surface area (Å²) < 4.78 is 58.3. The molecule has 1 atom stereocenters. The third kappa shape index (κ3) is 4.06. The number of nitrogens with zero attached hydrogens (tertiary/aromatic N) is 1. The van der Waals surface area contributed by atoms with Crippen LogP contribution in [0.5, 0.6) is 5.75 Å². The minimum Gasteiger partial charge on any atom is -0.495 e. The molecule has 3 nitrogen and oxygen atoms in total. The van der Waals surface area contributed by atoms with E-state index in [0.29, 0.717) is 0 Å². The Morgan fingerprint density at radius 3 is 2.30 bits per heavy atom. The SMILES string of the molecule is COc1c(/C=N/[S@@](=O)C(C)(C)C)cccc1C(F)(F)F. The van der Waals surface area contributed by atoms with E-state index in [4.69, 9.17) is 4.74 Å². The van der Waals surface area contributed by atoms with E-state index >= 15 is 0 Å². The number of hydrogen-bond donors (Lipinski definition) is 0. The van der Waals surface area contributed by atoms with Gasteiger partial charge in [0, 0.05) is 11.8 Å². The highest BCUT2D eigenvalue weighted by Gasteiger charge is 2.35. The van der Waals surface area contributed by atoms with Gasteiger partial charge in [0.1, 0.15) is 16.7 Å². The van der Waals surface area contributed by atoms with Crippen molar-refractivity contribution >= 4 is 17.2 Å². The van der Waals surface area contributed by atoms with E-state index in [2.05, 4.69) is 4.40 Å². The lowest BCUT2D eigenvalue weighted by molar-refractivity contribution is -0.138. The van der Waals surface area contributed by atoms with Gasteiger partial charge in [0.05, 0.1) is 17.4 Å². The van der Waals surface area contributed by atoms with Crippen LogP contribution in [0.2, 0.25) is 0 Å². The van der Waals surface area contributed by atoms with Gasteiger partial charge in [0.15, 0.2) is 0 Å². The van der Waals surface area contributed by atoms with Gasteiger partial charge in [0.25, 0.3) is 0 Å². The topological polar surface area (TPSA) is 38.7 Å². The van der Waals surface area contributed by atoms with Crippen LogP contribution >= 0.6 is 0 Å². The van der Waals surface area contributed by atoms with Crippen LogP contribution in [0.4, 0.5) is 13.2 Å². The number of hydrogen-bond acceptors (Lipinski definition) is 2. The van der Waals surface area contributed by atoms with E-state index in [1.54, 1.807) is 20.8 Å². The molecule has 7 heteroatoms. The van der Waals surface area contributed by atoms with Gasteiger partial charge < -0.3 is 4.74 Å². The van der Waals surface area contributed by atoms with Gasteiger partial charge in [-0.25, -0.2) is 4.21 Å². The molecule has 0 aliphatic carbocycles. The molecule has 0 unspecified atom stereocenters. The minimum absolute atomic E-state index is 0.139. The number of para-hydroxylation sites is 1. The zero-order valence-electron chi connectivity index (χ0n) is 11.6. The Labute approximate surface area is 118 Å². The molecule has 1 aromatic rings. The fourth-order valence-corrected chi connectivity index (χ4v) is 1.90. The zero-order valence-corrected chi connectivity index (χ0v) is 12.4. The summed E-state index contributed by atoms with van der Waals surface area (Å²) in [4.78, 5) is 0. The van der Waals surface area contributed by atoms with Crippen molar-refractivity contribution in [3.05, 3.63) is 29.3 Å². The van der Waals surface area contributed by atoms with Crippen molar-refractivity contribution in [3.8, 4) is 5.75 Å². The van der Waals surface area contributed by atoms with E-state index < -0.39 is 27.5 Å². The summed E-state index contributed by atoms with van der Waals surface area (Å²) in [5.41, 5.74) is -0.745. The first kappa shape index (κ1) is 16.7. The van der Waals surface area contributed by atoms with Crippen molar-refractivity contribution in [1.82, 2.24) is 0 Å². The highest BCUT2D eigenvalue weighted by molar-refractivity contribution is 7.85. The van der Waals surface area contributed by atoms with Crippen molar-refractivity contribution in [2.24, 2.45) is 4.40 Å². The Morgan fingerprint density at radius 1 is 1.25 bits per heavy atom. The molecule has 0 saturated carbocycles. The van der Waals surface area contributed by atoms with Crippen LogP contribution in [0.25, 0.3) is 0 Å². The second-order valence-corrected chi connectivity index (χ2v) is 6.96. The monoisotopic (exact) mass is 307 g/mol. The van der Waals surface area contributed by atoms with Crippen LogP contribution in [0.3, 0.4) is 0 Å². The third-order valence-electron chi connectivity index (χ3n) is 2.37. The standard InChI is InChI=1S/C13H16F3NO2S/c1-12(2,3)20(18)17-8-9-6-5-7-10(11(9)19-4)13(14,15)16/h5-8H,1-4H3/b17-8+/t20-/m0/s1. The molecule has 0 amide bonds. The largest absolute Gasteiger partial charge is 0.495 e. The molecule has 0 bridgehead atoms. The highest BCUT2D eigenvalue weighted by Crippen LogP contribution is 2.37. The van der Waals surface area contributed by atoms with Crippen LogP contribution in [-0.4, -0.2) is 22.3 Å². The molecular weight excluding hydrogens is 291 g/mol. The lowest BCUT2D eigenvalue weighted by Crippen LogP contribution is -2.19. The van der Waals surface area contributed by atoms with Gasteiger partial charge in [-0.05, 0) is 32.9 Å².